The quantitative estimate of drug-likeness (QED) is 0.785. The summed E-state index contributed by atoms with van der Waals surface area (Å²) in [4.78, 5) is 6.45. The van der Waals surface area contributed by atoms with Crippen LogP contribution in [0.3, 0.4) is 0 Å². The Morgan fingerprint density at radius 3 is 2.67 bits per heavy atom. The number of aliphatic hydroxyl groups is 1. The molecule has 15 heavy (non-hydrogen) atoms. The molecule has 1 N–H and O–H groups in total. The van der Waals surface area contributed by atoms with Gasteiger partial charge in [-0.15, -0.1) is 0 Å². The highest BCUT2D eigenvalue weighted by Crippen LogP contribution is 2.15. The van der Waals surface area contributed by atoms with Crippen LogP contribution in [0.4, 0.5) is 0 Å². The SMILES string of the molecule is CN(Cc1nccn1C)CC(C)(C)CO. The molecule has 4 heteroatoms. The third-order valence-electron chi connectivity index (χ3n) is 2.46. The van der Waals surface area contributed by atoms with E-state index < -0.39 is 0 Å². The average Bonchev–Trinajstić information content (AvgIpc) is 2.51. The zero-order valence-corrected chi connectivity index (χ0v) is 10.1. The van der Waals surface area contributed by atoms with Crippen LogP contribution >= 0.6 is 0 Å². The lowest BCUT2D eigenvalue weighted by Gasteiger charge is -2.28. The van der Waals surface area contributed by atoms with Gasteiger partial charge in [-0.3, -0.25) is 4.90 Å². The standard InChI is InChI=1S/C11H21N3O/c1-11(2,9-15)8-13(3)7-10-12-5-6-14(10)4/h5-6,15H,7-9H2,1-4H3. The van der Waals surface area contributed by atoms with Crippen LogP contribution in [0.1, 0.15) is 19.7 Å². The van der Waals surface area contributed by atoms with Crippen LogP contribution in [0.5, 0.6) is 0 Å². The third kappa shape index (κ3) is 3.64. The second kappa shape index (κ2) is 4.77. The Hall–Kier alpha value is -0.870. The third-order valence-corrected chi connectivity index (χ3v) is 2.46. The van der Waals surface area contributed by atoms with Gasteiger partial charge in [0.2, 0.25) is 0 Å². The van der Waals surface area contributed by atoms with Crippen molar-refractivity contribution in [3.8, 4) is 0 Å². The van der Waals surface area contributed by atoms with Crippen LogP contribution in [-0.2, 0) is 13.6 Å². The van der Waals surface area contributed by atoms with Gasteiger partial charge in [0.25, 0.3) is 0 Å². The van der Waals surface area contributed by atoms with E-state index in [1.165, 1.54) is 0 Å². The maximum Gasteiger partial charge on any atom is 0.122 e. The highest BCUT2D eigenvalue weighted by atomic mass is 16.3. The summed E-state index contributed by atoms with van der Waals surface area (Å²) in [5.74, 6) is 1.05. The van der Waals surface area contributed by atoms with Crippen LogP contribution < -0.4 is 0 Å². The molecule has 86 valence electrons. The molecule has 1 aromatic heterocycles. The minimum absolute atomic E-state index is 0.0556. The van der Waals surface area contributed by atoms with Crippen LogP contribution in [0, 0.1) is 5.41 Å². The van der Waals surface area contributed by atoms with Gasteiger partial charge in [0.05, 0.1) is 6.54 Å². The number of aliphatic hydroxyl groups excluding tert-OH is 1. The molecule has 0 aliphatic rings. The molecule has 0 bridgehead atoms. The summed E-state index contributed by atoms with van der Waals surface area (Å²) in [7, 11) is 4.04. The van der Waals surface area contributed by atoms with E-state index >= 15 is 0 Å². The van der Waals surface area contributed by atoms with Crippen molar-refractivity contribution in [3.63, 3.8) is 0 Å². The molecule has 0 amide bonds. The monoisotopic (exact) mass is 211 g/mol. The molecule has 0 saturated carbocycles. The zero-order valence-electron chi connectivity index (χ0n) is 10.1. The number of hydrogen-bond acceptors (Lipinski definition) is 3. The van der Waals surface area contributed by atoms with Crippen molar-refractivity contribution in [2.45, 2.75) is 20.4 Å². The van der Waals surface area contributed by atoms with E-state index in [-0.39, 0.29) is 12.0 Å². The summed E-state index contributed by atoms with van der Waals surface area (Å²) in [6.45, 7) is 5.99. The highest BCUT2D eigenvalue weighted by Gasteiger charge is 2.19. The van der Waals surface area contributed by atoms with Crippen molar-refractivity contribution in [2.75, 3.05) is 20.2 Å². The minimum atomic E-state index is -0.0556. The van der Waals surface area contributed by atoms with Gasteiger partial charge in [0.1, 0.15) is 5.82 Å². The predicted octanol–water partition coefficient (Wildman–Crippen LogP) is 0.870. The molecule has 4 nitrogen and oxygen atoms in total. The second-order valence-electron chi connectivity index (χ2n) is 4.95. The molecule has 0 saturated heterocycles. The molecular weight excluding hydrogens is 190 g/mol. The van der Waals surface area contributed by atoms with Gasteiger partial charge in [-0.1, -0.05) is 13.8 Å². The number of imidazole rings is 1. The van der Waals surface area contributed by atoms with Crippen molar-refractivity contribution in [3.05, 3.63) is 18.2 Å². The van der Waals surface area contributed by atoms with E-state index in [2.05, 4.69) is 23.7 Å². The summed E-state index contributed by atoms with van der Waals surface area (Å²) in [5, 5.41) is 9.18. The molecule has 1 rings (SSSR count). The Morgan fingerprint density at radius 1 is 1.53 bits per heavy atom. The molecular formula is C11H21N3O. The molecule has 0 aliphatic carbocycles. The Kier molecular flexibility index (Phi) is 3.88. The maximum atomic E-state index is 9.18. The van der Waals surface area contributed by atoms with Crippen molar-refractivity contribution in [1.82, 2.24) is 14.5 Å². The molecule has 0 fully saturated rings. The molecule has 0 aliphatic heterocycles. The van der Waals surface area contributed by atoms with E-state index in [9.17, 15) is 5.11 Å². The number of aromatic nitrogens is 2. The summed E-state index contributed by atoms with van der Waals surface area (Å²) in [6, 6.07) is 0. The summed E-state index contributed by atoms with van der Waals surface area (Å²) >= 11 is 0. The predicted molar refractivity (Wildman–Crippen MR) is 60.4 cm³/mol. The van der Waals surface area contributed by atoms with Crippen molar-refractivity contribution < 1.29 is 5.11 Å². The Balaban J connectivity index is 2.50. The first kappa shape index (κ1) is 12.2. The van der Waals surface area contributed by atoms with Gasteiger partial charge < -0.3 is 9.67 Å². The van der Waals surface area contributed by atoms with Crippen LogP contribution in [-0.4, -0.2) is 39.8 Å². The van der Waals surface area contributed by atoms with E-state index in [1.807, 2.05) is 24.9 Å². The van der Waals surface area contributed by atoms with E-state index in [1.54, 1.807) is 6.20 Å². The average molecular weight is 211 g/mol. The number of hydrogen-bond donors (Lipinski definition) is 1. The fraction of sp³-hybridized carbons (Fsp3) is 0.727. The van der Waals surface area contributed by atoms with Gasteiger partial charge >= 0.3 is 0 Å². The van der Waals surface area contributed by atoms with Gasteiger partial charge in [0.15, 0.2) is 0 Å². The van der Waals surface area contributed by atoms with E-state index in [0.717, 1.165) is 18.9 Å². The normalized spacial score (nSPS) is 12.4. The smallest absolute Gasteiger partial charge is 0.122 e. The number of nitrogens with zero attached hydrogens (tertiary/aromatic N) is 3. The molecule has 0 spiro atoms. The van der Waals surface area contributed by atoms with Gasteiger partial charge in [-0.2, -0.15) is 0 Å². The fourth-order valence-electron chi connectivity index (χ4n) is 1.63. The van der Waals surface area contributed by atoms with Crippen molar-refractivity contribution in [1.29, 1.82) is 0 Å². The Morgan fingerprint density at radius 2 is 2.20 bits per heavy atom. The van der Waals surface area contributed by atoms with Crippen molar-refractivity contribution in [2.24, 2.45) is 12.5 Å². The zero-order chi connectivity index (χ0) is 11.5. The Labute approximate surface area is 91.5 Å². The van der Waals surface area contributed by atoms with Gasteiger partial charge in [0, 0.05) is 38.0 Å². The summed E-state index contributed by atoms with van der Waals surface area (Å²) in [5.41, 5.74) is -0.0556. The lowest BCUT2D eigenvalue weighted by molar-refractivity contribution is 0.111. The molecule has 0 unspecified atom stereocenters. The Bertz CT molecular complexity index is 307. The lowest BCUT2D eigenvalue weighted by Crippen LogP contribution is -2.34. The molecule has 1 aromatic rings. The van der Waals surface area contributed by atoms with Crippen LogP contribution in [0.15, 0.2) is 12.4 Å². The van der Waals surface area contributed by atoms with E-state index in [0.29, 0.717) is 0 Å². The molecule has 0 atom stereocenters. The first-order chi connectivity index (χ1) is 6.94. The largest absolute Gasteiger partial charge is 0.396 e. The number of aryl methyl sites for hydroxylation is 1. The molecule has 0 radical (unpaired) electrons. The topological polar surface area (TPSA) is 41.3 Å². The maximum absolute atomic E-state index is 9.18. The summed E-state index contributed by atoms with van der Waals surface area (Å²) in [6.07, 6.45) is 3.75. The molecule has 1 heterocycles. The number of rotatable bonds is 5. The van der Waals surface area contributed by atoms with Crippen molar-refractivity contribution >= 4 is 0 Å². The highest BCUT2D eigenvalue weighted by molar-refractivity contribution is 4.91. The van der Waals surface area contributed by atoms with Gasteiger partial charge in [-0.05, 0) is 7.05 Å². The summed E-state index contributed by atoms with van der Waals surface area (Å²) < 4.78 is 2.02. The minimum Gasteiger partial charge on any atom is -0.396 e. The second-order valence-corrected chi connectivity index (χ2v) is 4.95. The lowest BCUT2D eigenvalue weighted by atomic mass is 9.94. The molecule has 0 aromatic carbocycles. The van der Waals surface area contributed by atoms with Crippen LogP contribution in [0.25, 0.3) is 0 Å². The first-order valence-electron chi connectivity index (χ1n) is 5.20. The van der Waals surface area contributed by atoms with Crippen LogP contribution in [0.2, 0.25) is 0 Å². The van der Waals surface area contributed by atoms with E-state index in [4.69, 9.17) is 0 Å². The first-order valence-corrected chi connectivity index (χ1v) is 5.20. The van der Waals surface area contributed by atoms with Gasteiger partial charge in [-0.25, -0.2) is 4.98 Å². The fourth-order valence-corrected chi connectivity index (χ4v) is 1.63.